The number of hydrogen-bond donors (Lipinski definition) is 3. The minimum atomic E-state index is -1.08. The number of aromatic nitrogens is 4. The van der Waals surface area contributed by atoms with Gasteiger partial charge in [-0.3, -0.25) is 4.79 Å². The fourth-order valence-electron chi connectivity index (χ4n) is 4.38. The highest BCUT2D eigenvalue weighted by molar-refractivity contribution is 8.03. The maximum Gasteiger partial charge on any atom is 0.353 e. The van der Waals surface area contributed by atoms with Gasteiger partial charge in [0.1, 0.15) is 5.70 Å². The SMILES string of the molecule is C[C@@H](O)[C@H]1C(=O)N2C(C(=O)O)=C(S[C@@H]3CN[C@H](CSc4nnnn4C)C3)[C@H](C)[C@H]12. The summed E-state index contributed by atoms with van der Waals surface area (Å²) in [7, 11) is 1.80. The fraction of sp³-hybridized carbons (Fsp3) is 0.706. The molecule has 0 spiro atoms. The standard InChI is InChI=1S/C17H24N6O4S2/c1-7-12-11(8(2)24)15(25)23(12)13(16(26)27)14(7)29-10-4-9(18-5-10)6-28-17-19-20-21-22(17)3/h7-12,18,24H,4-6H2,1-3H3,(H,26,27)/t7-,8-,9+,10+,11-,12-/m1/s1. The average molecular weight is 441 g/mol. The summed E-state index contributed by atoms with van der Waals surface area (Å²) < 4.78 is 1.63. The molecule has 6 atom stereocenters. The predicted molar refractivity (Wildman–Crippen MR) is 107 cm³/mol. The summed E-state index contributed by atoms with van der Waals surface area (Å²) in [6, 6.07) is 0.0175. The maximum absolute atomic E-state index is 12.4. The molecule has 4 rings (SSSR count). The first-order valence-corrected chi connectivity index (χ1v) is 11.4. The third kappa shape index (κ3) is 3.56. The van der Waals surface area contributed by atoms with Crippen molar-refractivity contribution in [3.63, 3.8) is 0 Å². The van der Waals surface area contributed by atoms with Crippen LogP contribution in [0.25, 0.3) is 0 Å². The van der Waals surface area contributed by atoms with Crippen LogP contribution in [-0.4, -0.2) is 82.9 Å². The third-order valence-electron chi connectivity index (χ3n) is 5.78. The number of carboxylic acids is 1. The molecule has 12 heteroatoms. The molecule has 0 aliphatic carbocycles. The van der Waals surface area contributed by atoms with E-state index in [9.17, 15) is 19.8 Å². The lowest BCUT2D eigenvalue weighted by atomic mass is 9.79. The molecule has 0 saturated carbocycles. The lowest BCUT2D eigenvalue weighted by Crippen LogP contribution is -2.63. The zero-order valence-corrected chi connectivity index (χ0v) is 18.0. The highest BCUT2D eigenvalue weighted by atomic mass is 32.2. The normalized spacial score (nSPS) is 32.5. The Morgan fingerprint density at radius 3 is 2.83 bits per heavy atom. The van der Waals surface area contributed by atoms with Gasteiger partial charge in [0.2, 0.25) is 11.1 Å². The van der Waals surface area contributed by atoms with Crippen molar-refractivity contribution in [2.24, 2.45) is 18.9 Å². The smallest absolute Gasteiger partial charge is 0.353 e. The summed E-state index contributed by atoms with van der Waals surface area (Å²) >= 11 is 3.14. The number of aliphatic carboxylic acids is 1. The molecular weight excluding hydrogens is 416 g/mol. The lowest BCUT2D eigenvalue weighted by Gasteiger charge is -2.46. The van der Waals surface area contributed by atoms with Crippen LogP contribution in [0.1, 0.15) is 20.3 Å². The Kier molecular flexibility index (Phi) is 5.62. The molecule has 2 saturated heterocycles. The molecule has 0 unspecified atom stereocenters. The Bertz CT molecular complexity index is 859. The minimum Gasteiger partial charge on any atom is -0.477 e. The first-order valence-electron chi connectivity index (χ1n) is 9.53. The van der Waals surface area contributed by atoms with Crippen LogP contribution in [0, 0.1) is 11.8 Å². The summed E-state index contributed by atoms with van der Waals surface area (Å²) in [5.74, 6) is -1.17. The van der Waals surface area contributed by atoms with Crippen molar-refractivity contribution in [2.45, 2.75) is 48.9 Å². The van der Waals surface area contributed by atoms with Gasteiger partial charge in [-0.05, 0) is 23.8 Å². The zero-order chi connectivity index (χ0) is 20.9. The maximum atomic E-state index is 12.4. The van der Waals surface area contributed by atoms with Gasteiger partial charge in [0.05, 0.1) is 18.1 Å². The number of hydrogen-bond acceptors (Lipinski definition) is 9. The second-order valence-electron chi connectivity index (χ2n) is 7.75. The van der Waals surface area contributed by atoms with E-state index in [4.69, 9.17) is 0 Å². The van der Waals surface area contributed by atoms with E-state index in [0.29, 0.717) is 0 Å². The van der Waals surface area contributed by atoms with E-state index >= 15 is 0 Å². The summed E-state index contributed by atoms with van der Waals surface area (Å²) in [4.78, 5) is 26.5. The molecule has 10 nitrogen and oxygen atoms in total. The minimum absolute atomic E-state index is 0.0948. The van der Waals surface area contributed by atoms with Crippen LogP contribution in [0.5, 0.6) is 0 Å². The quantitative estimate of drug-likeness (QED) is 0.390. The molecule has 3 N–H and O–H groups in total. The first-order chi connectivity index (χ1) is 13.8. The summed E-state index contributed by atoms with van der Waals surface area (Å²) in [6.45, 7) is 4.32. The van der Waals surface area contributed by atoms with Crippen molar-refractivity contribution in [3.05, 3.63) is 10.6 Å². The summed E-state index contributed by atoms with van der Waals surface area (Å²) in [6.07, 6.45) is 0.111. The van der Waals surface area contributed by atoms with Crippen LogP contribution in [0.4, 0.5) is 0 Å². The van der Waals surface area contributed by atoms with Crippen LogP contribution < -0.4 is 5.32 Å². The molecule has 158 valence electrons. The Labute approximate surface area is 176 Å². The van der Waals surface area contributed by atoms with E-state index in [1.807, 2.05) is 6.92 Å². The average Bonchev–Trinajstić information content (AvgIpc) is 3.32. The Hall–Kier alpha value is -1.63. The van der Waals surface area contributed by atoms with Crippen molar-refractivity contribution < 1.29 is 19.8 Å². The molecule has 0 bridgehead atoms. The van der Waals surface area contributed by atoms with E-state index in [-0.39, 0.29) is 34.9 Å². The van der Waals surface area contributed by atoms with Gasteiger partial charge in [0, 0.05) is 41.5 Å². The molecule has 0 aromatic carbocycles. The monoisotopic (exact) mass is 440 g/mol. The molecule has 2 fully saturated rings. The number of thioether (sulfide) groups is 2. The van der Waals surface area contributed by atoms with Crippen molar-refractivity contribution >= 4 is 35.4 Å². The van der Waals surface area contributed by atoms with E-state index < -0.39 is 18.0 Å². The number of carbonyl (C=O) groups excluding carboxylic acids is 1. The van der Waals surface area contributed by atoms with Crippen molar-refractivity contribution in [2.75, 3.05) is 12.3 Å². The van der Waals surface area contributed by atoms with E-state index in [1.54, 1.807) is 42.2 Å². The highest BCUT2D eigenvalue weighted by Gasteiger charge is 2.60. The van der Waals surface area contributed by atoms with Gasteiger partial charge in [-0.15, -0.1) is 16.9 Å². The van der Waals surface area contributed by atoms with Gasteiger partial charge in [-0.25, -0.2) is 9.48 Å². The van der Waals surface area contributed by atoms with Gasteiger partial charge >= 0.3 is 5.97 Å². The summed E-state index contributed by atoms with van der Waals surface area (Å²) in [5.41, 5.74) is 0.0948. The number of amides is 1. The van der Waals surface area contributed by atoms with Crippen molar-refractivity contribution in [1.29, 1.82) is 0 Å². The van der Waals surface area contributed by atoms with Crippen molar-refractivity contribution in [1.82, 2.24) is 30.4 Å². The Morgan fingerprint density at radius 2 is 2.21 bits per heavy atom. The number of aliphatic hydroxyl groups excluding tert-OH is 1. The second kappa shape index (κ2) is 7.89. The van der Waals surface area contributed by atoms with Gasteiger partial charge in [0.25, 0.3) is 0 Å². The number of rotatable bonds is 7. The molecule has 0 radical (unpaired) electrons. The third-order valence-corrected chi connectivity index (χ3v) is 8.47. The number of fused-ring (bicyclic) bond motifs is 1. The van der Waals surface area contributed by atoms with Gasteiger partial charge < -0.3 is 20.4 Å². The van der Waals surface area contributed by atoms with Crippen LogP contribution in [0.15, 0.2) is 15.8 Å². The molecule has 1 aromatic rings. The predicted octanol–water partition coefficient (Wildman–Crippen LogP) is -0.0804. The fourth-order valence-corrected chi connectivity index (χ4v) is 6.82. The Morgan fingerprint density at radius 1 is 1.45 bits per heavy atom. The van der Waals surface area contributed by atoms with Gasteiger partial charge in [-0.2, -0.15) is 0 Å². The van der Waals surface area contributed by atoms with E-state index in [0.717, 1.165) is 28.8 Å². The number of aliphatic hydroxyl groups is 1. The number of nitrogens with one attached hydrogen (secondary N) is 1. The molecule has 29 heavy (non-hydrogen) atoms. The van der Waals surface area contributed by atoms with Crippen LogP contribution in [0.2, 0.25) is 0 Å². The number of carboxylic acid groups (broad SMARTS) is 1. The largest absolute Gasteiger partial charge is 0.477 e. The van der Waals surface area contributed by atoms with Crippen LogP contribution in [-0.2, 0) is 16.6 Å². The highest BCUT2D eigenvalue weighted by Crippen LogP contribution is 2.51. The zero-order valence-electron chi connectivity index (χ0n) is 16.3. The number of carbonyl (C=O) groups is 2. The summed E-state index contributed by atoms with van der Waals surface area (Å²) in [5, 5.41) is 35.6. The van der Waals surface area contributed by atoms with Gasteiger partial charge in [-0.1, -0.05) is 18.7 Å². The molecule has 4 heterocycles. The molecule has 1 amide bonds. The van der Waals surface area contributed by atoms with Crippen molar-refractivity contribution in [3.8, 4) is 0 Å². The number of β-lactam (4-membered cyclic amide) rings is 1. The molecule has 1 aromatic heterocycles. The Balaban J connectivity index is 1.41. The van der Waals surface area contributed by atoms with Crippen LogP contribution in [0.3, 0.4) is 0 Å². The topological polar surface area (TPSA) is 133 Å². The number of nitrogens with zero attached hydrogens (tertiary/aromatic N) is 5. The van der Waals surface area contributed by atoms with E-state index in [1.165, 1.54) is 4.90 Å². The van der Waals surface area contributed by atoms with E-state index in [2.05, 4.69) is 20.8 Å². The first kappa shape index (κ1) is 20.6. The number of tetrazole rings is 1. The number of aryl methyl sites for hydroxylation is 1. The van der Waals surface area contributed by atoms with Crippen LogP contribution >= 0.6 is 23.5 Å². The van der Waals surface area contributed by atoms with Gasteiger partial charge in [0.15, 0.2) is 0 Å². The second-order valence-corrected chi connectivity index (χ2v) is 10.1. The lowest BCUT2D eigenvalue weighted by molar-refractivity contribution is -0.163. The molecule has 3 aliphatic heterocycles. The molecule has 3 aliphatic rings. The molecular formula is C17H24N6O4S2.